The first-order valence-electron chi connectivity index (χ1n) is 6.61. The van der Waals surface area contributed by atoms with Crippen molar-refractivity contribution in [1.82, 2.24) is 0 Å². The molecular weight excluding hydrogens is 300 g/mol. The number of benzene rings is 2. The van der Waals surface area contributed by atoms with E-state index in [1.807, 2.05) is 18.2 Å². The molecule has 1 unspecified atom stereocenters. The first kappa shape index (κ1) is 14.3. The van der Waals surface area contributed by atoms with Crippen LogP contribution in [0.2, 0.25) is 0 Å². The van der Waals surface area contributed by atoms with Crippen molar-refractivity contribution in [3.8, 4) is 0 Å². The highest BCUT2D eigenvalue weighted by molar-refractivity contribution is 9.10. The molecule has 2 heteroatoms. The third-order valence-corrected chi connectivity index (χ3v) is 4.35. The van der Waals surface area contributed by atoms with Gasteiger partial charge in [0.15, 0.2) is 0 Å². The molecule has 1 atom stereocenters. The Morgan fingerprint density at radius 1 is 1.00 bits per heavy atom. The van der Waals surface area contributed by atoms with Crippen molar-refractivity contribution in [2.45, 2.75) is 25.2 Å². The monoisotopic (exact) mass is 318 g/mol. The van der Waals surface area contributed by atoms with E-state index in [0.29, 0.717) is 0 Å². The van der Waals surface area contributed by atoms with Gasteiger partial charge in [-0.2, -0.15) is 0 Å². The standard InChI is InChI=1S/C17H19BrO/c1-2-17(13-19,15-6-4-3-5-7-15)12-14-8-10-16(18)11-9-14/h3-11,19H,2,12-13H2,1H3. The minimum atomic E-state index is -0.185. The lowest BCUT2D eigenvalue weighted by atomic mass is 9.74. The summed E-state index contributed by atoms with van der Waals surface area (Å²) in [6, 6.07) is 18.7. The Hall–Kier alpha value is -1.12. The van der Waals surface area contributed by atoms with Crippen LogP contribution in [0.1, 0.15) is 24.5 Å². The third kappa shape index (κ3) is 3.26. The molecule has 1 nitrogen and oxygen atoms in total. The van der Waals surface area contributed by atoms with Crippen LogP contribution in [0.3, 0.4) is 0 Å². The summed E-state index contributed by atoms with van der Waals surface area (Å²) in [5.41, 5.74) is 2.28. The molecule has 0 radical (unpaired) electrons. The van der Waals surface area contributed by atoms with E-state index in [1.165, 1.54) is 11.1 Å². The highest BCUT2D eigenvalue weighted by Crippen LogP contribution is 2.32. The van der Waals surface area contributed by atoms with E-state index in [4.69, 9.17) is 0 Å². The van der Waals surface area contributed by atoms with Crippen molar-refractivity contribution >= 4 is 15.9 Å². The Balaban J connectivity index is 2.32. The number of halogens is 1. The van der Waals surface area contributed by atoms with Crippen molar-refractivity contribution in [1.29, 1.82) is 0 Å². The van der Waals surface area contributed by atoms with Gasteiger partial charge in [0.2, 0.25) is 0 Å². The topological polar surface area (TPSA) is 20.2 Å². The zero-order valence-corrected chi connectivity index (χ0v) is 12.7. The van der Waals surface area contributed by atoms with Gasteiger partial charge in [-0.25, -0.2) is 0 Å². The average molecular weight is 319 g/mol. The normalized spacial score (nSPS) is 14.1. The van der Waals surface area contributed by atoms with Crippen LogP contribution in [0.4, 0.5) is 0 Å². The van der Waals surface area contributed by atoms with Crippen LogP contribution in [0.5, 0.6) is 0 Å². The van der Waals surface area contributed by atoms with Crippen molar-refractivity contribution in [3.05, 3.63) is 70.2 Å². The van der Waals surface area contributed by atoms with Crippen molar-refractivity contribution in [2.75, 3.05) is 6.61 Å². The van der Waals surface area contributed by atoms with Gasteiger partial charge < -0.3 is 5.11 Å². The highest BCUT2D eigenvalue weighted by atomic mass is 79.9. The number of aliphatic hydroxyl groups is 1. The molecule has 2 aromatic carbocycles. The molecule has 0 fully saturated rings. The second-order valence-electron chi connectivity index (χ2n) is 4.96. The lowest BCUT2D eigenvalue weighted by Crippen LogP contribution is -2.32. The van der Waals surface area contributed by atoms with Crippen LogP contribution in [-0.2, 0) is 11.8 Å². The molecule has 0 aliphatic carbocycles. The van der Waals surface area contributed by atoms with Crippen LogP contribution in [-0.4, -0.2) is 11.7 Å². The molecular formula is C17H19BrO. The van der Waals surface area contributed by atoms with Crippen LogP contribution in [0, 0.1) is 0 Å². The largest absolute Gasteiger partial charge is 0.395 e. The predicted molar refractivity (Wildman–Crippen MR) is 83.3 cm³/mol. The van der Waals surface area contributed by atoms with Gasteiger partial charge in [-0.15, -0.1) is 0 Å². The van der Waals surface area contributed by atoms with E-state index < -0.39 is 0 Å². The van der Waals surface area contributed by atoms with Gasteiger partial charge in [0.25, 0.3) is 0 Å². The molecule has 0 heterocycles. The molecule has 0 saturated heterocycles. The zero-order chi connectivity index (χ0) is 13.7. The first-order chi connectivity index (χ1) is 9.20. The minimum Gasteiger partial charge on any atom is -0.395 e. The van der Waals surface area contributed by atoms with Gasteiger partial charge >= 0.3 is 0 Å². The van der Waals surface area contributed by atoms with Crippen LogP contribution in [0.25, 0.3) is 0 Å². The zero-order valence-electron chi connectivity index (χ0n) is 11.1. The lowest BCUT2D eigenvalue weighted by molar-refractivity contribution is 0.186. The number of aliphatic hydroxyl groups excluding tert-OH is 1. The highest BCUT2D eigenvalue weighted by Gasteiger charge is 2.29. The Labute approximate surface area is 123 Å². The first-order valence-corrected chi connectivity index (χ1v) is 7.40. The van der Waals surface area contributed by atoms with Gasteiger partial charge in [0.05, 0.1) is 6.61 Å². The van der Waals surface area contributed by atoms with E-state index in [2.05, 4.69) is 59.3 Å². The summed E-state index contributed by atoms with van der Waals surface area (Å²) >= 11 is 3.45. The summed E-state index contributed by atoms with van der Waals surface area (Å²) in [5.74, 6) is 0. The number of hydrogen-bond donors (Lipinski definition) is 1. The SMILES string of the molecule is CCC(CO)(Cc1ccc(Br)cc1)c1ccccc1. The summed E-state index contributed by atoms with van der Waals surface area (Å²) in [6.07, 6.45) is 1.78. The average Bonchev–Trinajstić information content (AvgIpc) is 2.48. The molecule has 0 amide bonds. The molecule has 0 aliphatic heterocycles. The van der Waals surface area contributed by atoms with Crippen molar-refractivity contribution in [3.63, 3.8) is 0 Å². The maximum atomic E-state index is 9.94. The second-order valence-corrected chi connectivity index (χ2v) is 5.88. The molecule has 0 spiro atoms. The van der Waals surface area contributed by atoms with E-state index in [1.54, 1.807) is 0 Å². The maximum Gasteiger partial charge on any atom is 0.0531 e. The van der Waals surface area contributed by atoms with Crippen LogP contribution < -0.4 is 0 Å². The summed E-state index contributed by atoms with van der Waals surface area (Å²) in [6.45, 7) is 2.31. The summed E-state index contributed by atoms with van der Waals surface area (Å²) in [7, 11) is 0. The van der Waals surface area contributed by atoms with Crippen LogP contribution in [0.15, 0.2) is 59.1 Å². The molecule has 2 aromatic rings. The lowest BCUT2D eigenvalue weighted by Gasteiger charge is -2.31. The molecule has 0 aliphatic rings. The van der Waals surface area contributed by atoms with E-state index >= 15 is 0 Å². The molecule has 2 rings (SSSR count). The molecule has 1 N–H and O–H groups in total. The third-order valence-electron chi connectivity index (χ3n) is 3.82. The molecule has 0 aromatic heterocycles. The van der Waals surface area contributed by atoms with Gasteiger partial charge in [-0.3, -0.25) is 0 Å². The molecule has 19 heavy (non-hydrogen) atoms. The number of rotatable bonds is 5. The minimum absolute atomic E-state index is 0.170. The Bertz CT molecular complexity index is 501. The Kier molecular flexibility index (Phi) is 4.78. The van der Waals surface area contributed by atoms with Crippen molar-refractivity contribution in [2.24, 2.45) is 0 Å². The molecule has 0 bridgehead atoms. The smallest absolute Gasteiger partial charge is 0.0531 e. The fourth-order valence-electron chi connectivity index (χ4n) is 2.47. The van der Waals surface area contributed by atoms with Crippen molar-refractivity contribution < 1.29 is 5.11 Å². The van der Waals surface area contributed by atoms with Gasteiger partial charge in [-0.1, -0.05) is 65.3 Å². The maximum absolute atomic E-state index is 9.94. The van der Waals surface area contributed by atoms with E-state index in [9.17, 15) is 5.11 Å². The number of hydrogen-bond acceptors (Lipinski definition) is 1. The van der Waals surface area contributed by atoms with E-state index in [-0.39, 0.29) is 12.0 Å². The fraction of sp³-hybridized carbons (Fsp3) is 0.294. The second kappa shape index (κ2) is 6.36. The van der Waals surface area contributed by atoms with E-state index in [0.717, 1.165) is 17.3 Å². The Morgan fingerprint density at radius 3 is 2.16 bits per heavy atom. The van der Waals surface area contributed by atoms with Gasteiger partial charge in [0, 0.05) is 9.89 Å². The summed E-state index contributed by atoms with van der Waals surface area (Å²) in [5, 5.41) is 9.94. The molecule has 0 saturated carbocycles. The Morgan fingerprint density at radius 2 is 1.63 bits per heavy atom. The fourth-order valence-corrected chi connectivity index (χ4v) is 2.74. The van der Waals surface area contributed by atoms with Gasteiger partial charge in [0.1, 0.15) is 0 Å². The summed E-state index contributed by atoms with van der Waals surface area (Å²) in [4.78, 5) is 0. The summed E-state index contributed by atoms with van der Waals surface area (Å²) < 4.78 is 1.09. The quantitative estimate of drug-likeness (QED) is 0.869. The van der Waals surface area contributed by atoms with Gasteiger partial charge in [-0.05, 0) is 36.1 Å². The molecule has 100 valence electrons. The van der Waals surface area contributed by atoms with Crippen LogP contribution >= 0.6 is 15.9 Å². The predicted octanol–water partition coefficient (Wildman–Crippen LogP) is 4.33.